The fourth-order valence-corrected chi connectivity index (χ4v) is 3.00. The van der Waals surface area contributed by atoms with Crippen molar-refractivity contribution in [2.75, 3.05) is 0 Å². The molecule has 0 aromatic heterocycles. The van der Waals surface area contributed by atoms with Gasteiger partial charge < -0.3 is 0 Å². The molecule has 0 heterocycles. The van der Waals surface area contributed by atoms with Crippen LogP contribution in [0.5, 0.6) is 0 Å². The molecule has 2 fully saturated rings. The van der Waals surface area contributed by atoms with Gasteiger partial charge in [0.25, 0.3) is 0 Å². The molecule has 28 heavy (non-hydrogen) atoms. The van der Waals surface area contributed by atoms with E-state index in [1.54, 1.807) is 12.1 Å². The van der Waals surface area contributed by atoms with Gasteiger partial charge in [-0.05, 0) is 13.8 Å². The van der Waals surface area contributed by atoms with Crippen molar-refractivity contribution in [2.45, 2.75) is 43.4 Å². The first kappa shape index (κ1) is 20.2. The van der Waals surface area contributed by atoms with Crippen LogP contribution in [0.1, 0.15) is 26.7 Å². The third-order valence-electron chi connectivity index (χ3n) is 5.10. The minimum Gasteiger partial charge on any atom is -0.296 e. The third-order valence-corrected chi connectivity index (χ3v) is 5.10. The van der Waals surface area contributed by atoms with Gasteiger partial charge in [0.05, 0.1) is 30.2 Å². The maximum Gasteiger partial charge on any atom is 0.554 e. The fraction of sp³-hybridized carbons (Fsp3) is 0.556. The summed E-state index contributed by atoms with van der Waals surface area (Å²) in [6, 6.07) is 7.04. The zero-order chi connectivity index (χ0) is 21.4. The van der Waals surface area contributed by atoms with Crippen LogP contribution in [0, 0.1) is 75.7 Å². The van der Waals surface area contributed by atoms with Crippen LogP contribution >= 0.6 is 0 Å². The van der Waals surface area contributed by atoms with Crippen LogP contribution in [-0.2, 0) is 9.59 Å². The zero-order valence-electron chi connectivity index (χ0n) is 15.0. The van der Waals surface area contributed by atoms with Gasteiger partial charge in [0.15, 0.2) is 16.9 Å². The van der Waals surface area contributed by atoms with Gasteiger partial charge in [-0.3, -0.25) is 9.59 Å². The minimum atomic E-state index is -1.81. The summed E-state index contributed by atoms with van der Waals surface area (Å²) in [7, 11) is 0. The molecule has 10 heteroatoms. The Balaban J connectivity index is 2.20. The molecule has 0 aromatic rings. The summed E-state index contributed by atoms with van der Waals surface area (Å²) in [6.07, 6.45) is -0.425. The Hall–Kier alpha value is -4.12. The topological polar surface area (TPSA) is 163 Å². The lowest BCUT2D eigenvalue weighted by Gasteiger charge is -2.18. The molecule has 0 aromatic carbocycles. The first-order valence-electron chi connectivity index (χ1n) is 8.02. The van der Waals surface area contributed by atoms with Crippen LogP contribution in [0.25, 0.3) is 9.69 Å². The number of hydrogen-bond donors (Lipinski definition) is 0. The van der Waals surface area contributed by atoms with E-state index < -0.39 is 45.6 Å². The highest BCUT2D eigenvalue weighted by atomic mass is 16.2. The van der Waals surface area contributed by atoms with Crippen LogP contribution in [0.4, 0.5) is 0 Å². The molecule has 2 rings (SSSR count). The van der Waals surface area contributed by atoms with Crippen LogP contribution in [-0.4, -0.2) is 28.3 Å². The molecular formula is C18H12N8O2. The van der Waals surface area contributed by atoms with E-state index in [2.05, 4.69) is 19.9 Å². The highest BCUT2D eigenvalue weighted by Crippen LogP contribution is 2.52. The van der Waals surface area contributed by atoms with Crippen molar-refractivity contribution in [3.63, 3.8) is 0 Å². The number of nitrogens with zero attached hydrogens (tertiary/aromatic N) is 8. The molecule has 2 aliphatic rings. The van der Waals surface area contributed by atoms with Gasteiger partial charge in [0.2, 0.25) is 11.3 Å². The summed E-state index contributed by atoms with van der Waals surface area (Å²) in [5.41, 5.74) is -6.73. The van der Waals surface area contributed by atoms with E-state index in [-0.39, 0.29) is 12.8 Å². The van der Waals surface area contributed by atoms with Gasteiger partial charge in [-0.15, -0.1) is 0 Å². The summed E-state index contributed by atoms with van der Waals surface area (Å²) in [4.78, 5) is 29.7. The number of Topliss-reactive ketones (excluding diaryl/α,β-unsaturated/α-hetero) is 2. The smallest absolute Gasteiger partial charge is 0.296 e. The summed E-state index contributed by atoms with van der Waals surface area (Å²) in [5.74, 6) is -3.09. The zero-order valence-corrected chi connectivity index (χ0v) is 15.0. The maximum absolute atomic E-state index is 11.8. The van der Waals surface area contributed by atoms with Crippen molar-refractivity contribution in [1.29, 1.82) is 21.0 Å². The number of carbonyl (C=O) groups excluding carboxylic acids is 2. The molecule has 0 N–H and O–H groups in total. The second kappa shape index (κ2) is 6.25. The van der Waals surface area contributed by atoms with Gasteiger partial charge in [0.1, 0.15) is 0 Å². The highest BCUT2D eigenvalue weighted by molar-refractivity contribution is 6.11. The Morgan fingerprint density at radius 3 is 1.64 bits per heavy atom. The average Bonchev–Trinajstić information content (AvgIpc) is 3.49. The second-order valence-electron chi connectivity index (χ2n) is 7.19. The SMILES string of the molecule is [C-]#[N+]C1([N+]#[C-])C(=O)C1CC(C)(C#N)N=NC(C)(C#N)CC1C(=O)C1(C#N)C#N. The van der Waals surface area contributed by atoms with E-state index in [0.29, 0.717) is 0 Å². The maximum atomic E-state index is 11.8. The molecule has 2 saturated carbocycles. The van der Waals surface area contributed by atoms with Gasteiger partial charge in [-0.1, -0.05) is 0 Å². The van der Waals surface area contributed by atoms with Crippen molar-refractivity contribution < 1.29 is 9.59 Å². The van der Waals surface area contributed by atoms with Crippen LogP contribution in [0.2, 0.25) is 0 Å². The fourth-order valence-electron chi connectivity index (χ4n) is 3.00. The number of hydrogen-bond acceptors (Lipinski definition) is 8. The molecule has 4 unspecified atom stereocenters. The summed E-state index contributed by atoms with van der Waals surface area (Å²) < 4.78 is 0. The molecule has 0 aliphatic heterocycles. The molecule has 0 spiro atoms. The molecule has 10 nitrogen and oxygen atoms in total. The van der Waals surface area contributed by atoms with Gasteiger partial charge in [-0.2, -0.15) is 31.3 Å². The normalized spacial score (nSPS) is 27.4. The number of ketones is 2. The van der Waals surface area contributed by atoms with Crippen molar-refractivity contribution in [3.8, 4) is 24.3 Å². The summed E-state index contributed by atoms with van der Waals surface area (Å²) in [6.45, 7) is 16.8. The van der Waals surface area contributed by atoms with Crippen molar-refractivity contribution in [2.24, 2.45) is 27.5 Å². The van der Waals surface area contributed by atoms with Crippen LogP contribution in [0.15, 0.2) is 10.2 Å². The molecule has 0 bridgehead atoms. The standard InChI is InChI=1S/C18H12N8O2/c1-15(7-19,5-11-13(27)17(11,9-21)10-22)25-26-16(2,8-20)6-12-14(28)18(12,23-3)24-4/h11-12H,5-6H2,1-2H3. The Labute approximate surface area is 160 Å². The third kappa shape index (κ3) is 2.75. The van der Waals surface area contributed by atoms with E-state index in [9.17, 15) is 20.1 Å². The van der Waals surface area contributed by atoms with Crippen molar-refractivity contribution >= 4 is 11.6 Å². The Morgan fingerprint density at radius 1 is 0.929 bits per heavy atom. The molecule has 4 atom stereocenters. The van der Waals surface area contributed by atoms with E-state index in [1.807, 2.05) is 12.1 Å². The number of azo groups is 1. The molecule has 0 saturated heterocycles. The minimum absolute atomic E-state index is 0.208. The van der Waals surface area contributed by atoms with Crippen LogP contribution in [0.3, 0.4) is 0 Å². The lowest BCUT2D eigenvalue weighted by atomic mass is 9.93. The molecule has 0 amide bonds. The van der Waals surface area contributed by atoms with Gasteiger partial charge in [-0.25, -0.2) is 22.8 Å². The van der Waals surface area contributed by atoms with E-state index in [0.717, 1.165) is 0 Å². The first-order chi connectivity index (χ1) is 13.1. The molecule has 2 aliphatic carbocycles. The average molecular weight is 372 g/mol. The Bertz CT molecular complexity index is 938. The Morgan fingerprint density at radius 2 is 1.36 bits per heavy atom. The molecule has 0 radical (unpaired) electrons. The summed E-state index contributed by atoms with van der Waals surface area (Å²) in [5, 5.41) is 44.7. The molecular weight excluding hydrogens is 360 g/mol. The van der Waals surface area contributed by atoms with Gasteiger partial charge >= 0.3 is 11.4 Å². The second-order valence-corrected chi connectivity index (χ2v) is 7.19. The number of rotatable bonds is 6. The number of carbonyl (C=O) groups is 2. The van der Waals surface area contributed by atoms with Crippen molar-refractivity contribution in [3.05, 3.63) is 22.8 Å². The molecule has 136 valence electrons. The van der Waals surface area contributed by atoms with Crippen LogP contribution < -0.4 is 0 Å². The first-order valence-corrected chi connectivity index (χ1v) is 8.02. The number of nitriles is 4. The van der Waals surface area contributed by atoms with E-state index in [1.165, 1.54) is 13.8 Å². The lowest BCUT2D eigenvalue weighted by molar-refractivity contribution is -0.113. The van der Waals surface area contributed by atoms with E-state index in [4.69, 9.17) is 23.7 Å². The Kier molecular flexibility index (Phi) is 4.50. The highest BCUT2D eigenvalue weighted by Gasteiger charge is 2.84. The monoisotopic (exact) mass is 372 g/mol. The quantitative estimate of drug-likeness (QED) is 0.509. The largest absolute Gasteiger partial charge is 0.554 e. The predicted molar refractivity (Wildman–Crippen MR) is 88.7 cm³/mol. The van der Waals surface area contributed by atoms with Gasteiger partial charge in [0, 0.05) is 12.8 Å². The lowest BCUT2D eigenvalue weighted by Crippen LogP contribution is -2.26. The predicted octanol–water partition coefficient (Wildman–Crippen LogP) is 1.75. The van der Waals surface area contributed by atoms with E-state index >= 15 is 0 Å². The summed E-state index contributed by atoms with van der Waals surface area (Å²) >= 11 is 0. The van der Waals surface area contributed by atoms with Crippen molar-refractivity contribution in [1.82, 2.24) is 0 Å².